The number of aromatic nitrogens is 5. The molecule has 7 rings (SSSR count). The minimum Gasteiger partial charge on any atom is -0.402 e. The summed E-state index contributed by atoms with van der Waals surface area (Å²) in [4.78, 5) is 32.8. The van der Waals surface area contributed by atoms with E-state index in [1.54, 1.807) is 35.9 Å². The third-order valence-corrected chi connectivity index (χ3v) is 9.06. The molecular weight excluding hydrogens is 553 g/mol. The fraction of sp³-hybridized carbons (Fsp3) is 0.258. The second-order valence-electron chi connectivity index (χ2n) is 10.7. The molecule has 1 aliphatic carbocycles. The molecule has 4 heterocycles. The maximum absolute atomic E-state index is 14.9. The lowest BCUT2D eigenvalue weighted by Crippen LogP contribution is -2.29. The molecule has 2 aliphatic rings. The van der Waals surface area contributed by atoms with Crippen molar-refractivity contribution in [1.82, 2.24) is 25.1 Å². The van der Waals surface area contributed by atoms with E-state index in [1.165, 1.54) is 6.07 Å². The molecule has 11 heteroatoms. The van der Waals surface area contributed by atoms with Crippen LogP contribution in [-0.4, -0.2) is 42.8 Å². The first-order valence-corrected chi connectivity index (χ1v) is 14.6. The van der Waals surface area contributed by atoms with Crippen molar-refractivity contribution in [2.24, 2.45) is 4.99 Å². The predicted octanol–water partition coefficient (Wildman–Crippen LogP) is 5.80. The van der Waals surface area contributed by atoms with Crippen LogP contribution >= 0.6 is 11.3 Å². The smallest absolute Gasteiger partial charge is 0.317 e. The number of ketones is 1. The van der Waals surface area contributed by atoms with Gasteiger partial charge in [-0.25, -0.2) is 19.3 Å². The Bertz CT molecular complexity index is 1830. The second-order valence-corrected chi connectivity index (χ2v) is 11.7. The lowest BCUT2D eigenvalue weighted by atomic mass is 9.95. The van der Waals surface area contributed by atoms with E-state index in [2.05, 4.69) is 32.4 Å². The van der Waals surface area contributed by atoms with Crippen molar-refractivity contribution in [3.63, 3.8) is 0 Å². The van der Waals surface area contributed by atoms with Gasteiger partial charge in [0.2, 0.25) is 0 Å². The van der Waals surface area contributed by atoms with Gasteiger partial charge in [0.1, 0.15) is 17.3 Å². The van der Waals surface area contributed by atoms with Crippen LogP contribution in [0.15, 0.2) is 70.3 Å². The van der Waals surface area contributed by atoms with Crippen LogP contribution < -0.4 is 5.32 Å². The Balaban J connectivity index is 1.24. The highest BCUT2D eigenvalue weighted by atomic mass is 32.1. The van der Waals surface area contributed by atoms with Gasteiger partial charge in [-0.15, -0.1) is 16.4 Å². The number of fused-ring (bicyclic) bond motifs is 1. The average Bonchev–Trinajstić information content (AvgIpc) is 3.40. The number of anilines is 1. The number of hydrogen-bond acceptors (Lipinski definition) is 10. The molecule has 0 saturated heterocycles. The lowest BCUT2D eigenvalue weighted by molar-refractivity contribution is -0.119. The zero-order valence-corrected chi connectivity index (χ0v) is 23.8. The van der Waals surface area contributed by atoms with Gasteiger partial charge in [-0.3, -0.25) is 9.79 Å². The van der Waals surface area contributed by atoms with Crippen LogP contribution in [0.5, 0.6) is 0 Å². The van der Waals surface area contributed by atoms with Gasteiger partial charge < -0.3 is 9.73 Å². The maximum Gasteiger partial charge on any atom is 0.317 e. The van der Waals surface area contributed by atoms with Gasteiger partial charge in [0.15, 0.2) is 11.9 Å². The molecule has 0 amide bonds. The van der Waals surface area contributed by atoms with Crippen molar-refractivity contribution in [3.8, 4) is 22.0 Å². The summed E-state index contributed by atoms with van der Waals surface area (Å²) in [6.45, 7) is 4.20. The Morgan fingerprint density at radius 2 is 1.83 bits per heavy atom. The number of benzene rings is 2. The molecule has 210 valence electrons. The Morgan fingerprint density at radius 1 is 1.05 bits per heavy atom. The number of hydrogen-bond donors (Lipinski definition) is 1. The highest BCUT2D eigenvalue weighted by molar-refractivity contribution is 7.15. The number of nitrogens with zero attached hydrogens (tertiary/aromatic N) is 6. The SMILES string of the molecule is CCc1ncc(-c2sc(C3(C)CC3)nc2-c2nnc(N[C@@H]3N=C(c4ccccc4)c4cccc(F)c4CC3=O)o2)cn1. The molecular formula is C31H26FN7O2S. The summed E-state index contributed by atoms with van der Waals surface area (Å²) >= 11 is 1.58. The van der Waals surface area contributed by atoms with Crippen molar-refractivity contribution in [3.05, 3.63) is 94.3 Å². The van der Waals surface area contributed by atoms with Crippen LogP contribution in [0.25, 0.3) is 22.0 Å². The van der Waals surface area contributed by atoms with Gasteiger partial charge in [0, 0.05) is 52.9 Å². The van der Waals surface area contributed by atoms with E-state index in [1.807, 2.05) is 37.3 Å². The minimum atomic E-state index is -1.06. The number of carbonyl (C=O) groups is 1. The monoisotopic (exact) mass is 579 g/mol. The van der Waals surface area contributed by atoms with E-state index >= 15 is 0 Å². The third-order valence-electron chi connectivity index (χ3n) is 7.65. The first-order valence-electron chi connectivity index (χ1n) is 13.8. The standard InChI is InChI=1S/C31H26FN7O2S/c1-3-23-33-15-18(16-34-23)26-25(36-29(42-26)31(2)12-13-31)28-38-39-30(41-28)37-27-22(40)14-20-19(10-7-11-21(20)32)24(35-27)17-8-5-4-6-9-17/h4-11,15-16,27H,3,12-14H2,1-2H3,(H,37,39)/t27-/m0/s1. The van der Waals surface area contributed by atoms with Gasteiger partial charge in [-0.1, -0.05) is 61.4 Å². The number of rotatable bonds is 7. The molecule has 1 aliphatic heterocycles. The summed E-state index contributed by atoms with van der Waals surface area (Å²) in [5, 5.41) is 12.4. The fourth-order valence-electron chi connectivity index (χ4n) is 4.91. The molecule has 42 heavy (non-hydrogen) atoms. The van der Waals surface area contributed by atoms with E-state index < -0.39 is 12.0 Å². The van der Waals surface area contributed by atoms with Gasteiger partial charge in [0.05, 0.1) is 15.6 Å². The Kier molecular flexibility index (Phi) is 6.46. The normalized spacial score (nSPS) is 17.4. The quantitative estimate of drug-likeness (QED) is 0.257. The molecule has 1 atom stereocenters. The number of aryl methyl sites for hydroxylation is 1. The zero-order chi connectivity index (χ0) is 28.8. The number of nitrogens with one attached hydrogen (secondary N) is 1. The highest BCUT2D eigenvalue weighted by Crippen LogP contribution is 2.51. The molecule has 9 nitrogen and oxygen atoms in total. The summed E-state index contributed by atoms with van der Waals surface area (Å²) in [7, 11) is 0. The van der Waals surface area contributed by atoms with Gasteiger partial charge in [0.25, 0.3) is 5.89 Å². The van der Waals surface area contributed by atoms with Gasteiger partial charge >= 0.3 is 6.01 Å². The summed E-state index contributed by atoms with van der Waals surface area (Å²) in [5.41, 5.74) is 3.56. The van der Waals surface area contributed by atoms with E-state index in [9.17, 15) is 9.18 Å². The maximum atomic E-state index is 14.9. The van der Waals surface area contributed by atoms with Gasteiger partial charge in [-0.2, -0.15) is 0 Å². The molecule has 3 aromatic heterocycles. The highest BCUT2D eigenvalue weighted by Gasteiger charge is 2.43. The Hall–Kier alpha value is -4.64. The average molecular weight is 580 g/mol. The first-order chi connectivity index (χ1) is 20.4. The first kappa shape index (κ1) is 26.3. The van der Waals surface area contributed by atoms with Crippen LogP contribution in [-0.2, 0) is 23.1 Å². The topological polar surface area (TPSA) is 119 Å². The molecule has 1 saturated carbocycles. The Morgan fingerprint density at radius 3 is 2.57 bits per heavy atom. The summed E-state index contributed by atoms with van der Waals surface area (Å²) in [6, 6.07) is 14.2. The number of Topliss-reactive ketones (excluding diaryl/α,β-unsaturated/α-hetero) is 1. The van der Waals surface area contributed by atoms with E-state index in [0.29, 0.717) is 22.5 Å². The van der Waals surface area contributed by atoms with Crippen molar-refractivity contribution >= 4 is 28.8 Å². The predicted molar refractivity (Wildman–Crippen MR) is 157 cm³/mol. The summed E-state index contributed by atoms with van der Waals surface area (Å²) in [6.07, 6.45) is 5.25. The molecule has 0 spiro atoms. The number of aliphatic imine (C=N–C) groups is 1. The number of carbonyl (C=O) groups excluding carboxylic acids is 1. The van der Waals surface area contributed by atoms with Crippen molar-refractivity contribution in [1.29, 1.82) is 0 Å². The van der Waals surface area contributed by atoms with Crippen LogP contribution in [0.4, 0.5) is 10.4 Å². The summed E-state index contributed by atoms with van der Waals surface area (Å²) < 4.78 is 20.9. The van der Waals surface area contributed by atoms with Crippen LogP contribution in [0.3, 0.4) is 0 Å². The summed E-state index contributed by atoms with van der Waals surface area (Å²) in [5.74, 6) is 0.200. The Labute approximate surface area is 245 Å². The third kappa shape index (κ3) is 4.79. The van der Waals surface area contributed by atoms with Crippen LogP contribution in [0, 0.1) is 5.82 Å². The molecule has 0 bridgehead atoms. The van der Waals surface area contributed by atoms with E-state index in [4.69, 9.17) is 14.4 Å². The van der Waals surface area contributed by atoms with Crippen molar-refractivity contribution in [2.75, 3.05) is 5.32 Å². The number of halogens is 1. The number of thiazole rings is 1. The minimum absolute atomic E-state index is 0.0154. The fourth-order valence-corrected chi connectivity index (χ4v) is 6.14. The van der Waals surface area contributed by atoms with E-state index in [-0.39, 0.29) is 29.5 Å². The molecule has 1 fully saturated rings. The van der Waals surface area contributed by atoms with Crippen molar-refractivity contribution < 1.29 is 13.6 Å². The van der Waals surface area contributed by atoms with Crippen molar-refractivity contribution in [2.45, 2.75) is 51.1 Å². The molecule has 1 N–H and O–H groups in total. The van der Waals surface area contributed by atoms with Crippen LogP contribution in [0.2, 0.25) is 0 Å². The second kappa shape index (κ2) is 10.3. The molecule has 0 radical (unpaired) electrons. The zero-order valence-electron chi connectivity index (χ0n) is 23.0. The lowest BCUT2D eigenvalue weighted by Gasteiger charge is -2.11. The molecule has 2 aromatic carbocycles. The van der Waals surface area contributed by atoms with E-state index in [0.717, 1.165) is 46.1 Å². The van der Waals surface area contributed by atoms with Crippen LogP contribution in [0.1, 0.15) is 54.2 Å². The molecule has 5 aromatic rings. The molecule has 0 unspecified atom stereocenters. The largest absolute Gasteiger partial charge is 0.402 e. The van der Waals surface area contributed by atoms with Gasteiger partial charge in [-0.05, 0) is 18.9 Å².